The number of aliphatic hydroxyl groups is 1. The molecule has 0 saturated heterocycles. The van der Waals surface area contributed by atoms with E-state index < -0.39 is 6.04 Å². The van der Waals surface area contributed by atoms with E-state index >= 15 is 0 Å². The molecular weight excluding hydrogens is 599 g/mol. The predicted octanol–water partition coefficient (Wildman–Crippen LogP) is 6.70. The van der Waals surface area contributed by atoms with Crippen molar-refractivity contribution in [3.05, 3.63) is 115 Å². The number of furan rings is 1. The highest BCUT2D eigenvalue weighted by molar-refractivity contribution is 14.1. The lowest BCUT2D eigenvalue weighted by molar-refractivity contribution is 0.0916. The largest absolute Gasteiger partial charge is 0.460 e. The van der Waals surface area contributed by atoms with Gasteiger partial charge in [-0.1, -0.05) is 53.6 Å². The monoisotopic (exact) mass is 628 g/mol. The highest BCUT2D eigenvalue weighted by Gasteiger charge is 2.18. The van der Waals surface area contributed by atoms with Gasteiger partial charge in [-0.2, -0.15) is 0 Å². The minimum Gasteiger partial charge on any atom is -0.460 e. The normalized spacial score (nSPS) is 12.8. The molecule has 0 fully saturated rings. The quantitative estimate of drug-likeness (QED) is 0.171. The number of aryl methyl sites for hydroxylation is 1. The van der Waals surface area contributed by atoms with Crippen LogP contribution in [0.5, 0.6) is 0 Å². The van der Waals surface area contributed by atoms with Gasteiger partial charge in [0.2, 0.25) is 0 Å². The molecule has 0 bridgehead atoms. The number of halogens is 2. The number of rotatable bonds is 10. The van der Waals surface area contributed by atoms with Crippen LogP contribution in [-0.4, -0.2) is 23.7 Å². The van der Waals surface area contributed by atoms with Gasteiger partial charge < -0.3 is 20.2 Å². The molecule has 0 saturated carbocycles. The number of nitrogens with one attached hydrogen (secondary N) is 2. The van der Waals surface area contributed by atoms with Gasteiger partial charge in [0.15, 0.2) is 0 Å². The molecule has 0 unspecified atom stereocenters. The molecule has 3 N–H and O–H groups in total. The lowest BCUT2D eigenvalue weighted by atomic mass is 10.0. The number of carbonyl (C=O) groups is 1. The molecule has 2 atom stereocenters. The number of aliphatic hydroxyl groups excluding tert-OH is 1. The van der Waals surface area contributed by atoms with Crippen LogP contribution in [0.1, 0.15) is 45.8 Å². The van der Waals surface area contributed by atoms with Crippen molar-refractivity contribution in [2.75, 3.05) is 6.61 Å². The summed E-state index contributed by atoms with van der Waals surface area (Å²) in [5.74, 6) is 1.12. The summed E-state index contributed by atoms with van der Waals surface area (Å²) in [7, 11) is 0. The fourth-order valence-corrected chi connectivity index (χ4v) is 4.60. The average molecular weight is 629 g/mol. The third-order valence-electron chi connectivity index (χ3n) is 6.27. The van der Waals surface area contributed by atoms with Gasteiger partial charge >= 0.3 is 0 Å². The van der Waals surface area contributed by atoms with E-state index in [1.807, 2.05) is 42.5 Å². The maximum Gasteiger partial charge on any atom is 0.253 e. The first kappa shape index (κ1) is 27.4. The zero-order valence-electron chi connectivity index (χ0n) is 20.8. The van der Waals surface area contributed by atoms with Gasteiger partial charge in [-0.25, -0.2) is 0 Å². The fourth-order valence-electron chi connectivity index (χ4n) is 4.04. The smallest absolute Gasteiger partial charge is 0.253 e. The molecule has 0 aliphatic carbocycles. The topological polar surface area (TPSA) is 74.5 Å². The second-order valence-electron chi connectivity index (χ2n) is 9.16. The first-order valence-corrected chi connectivity index (χ1v) is 13.6. The number of hydrogen-bond acceptors (Lipinski definition) is 4. The van der Waals surface area contributed by atoms with Gasteiger partial charge in [-0.15, -0.1) is 0 Å². The molecule has 192 valence electrons. The van der Waals surface area contributed by atoms with Crippen LogP contribution in [0.2, 0.25) is 5.02 Å². The van der Waals surface area contributed by atoms with Crippen molar-refractivity contribution in [1.29, 1.82) is 0 Å². The SMILES string of the molecule is Cc1ccc([C@@H](C)NCc2ccc(-c3ccc(Cl)c(C(=O)N[C@@H](CO)Cc4ccc(I)cc4)c3)o2)cc1. The highest BCUT2D eigenvalue weighted by atomic mass is 127. The predicted molar refractivity (Wildman–Crippen MR) is 157 cm³/mol. The van der Waals surface area contributed by atoms with Gasteiger partial charge in [0.25, 0.3) is 5.91 Å². The number of amides is 1. The van der Waals surface area contributed by atoms with E-state index in [1.54, 1.807) is 12.1 Å². The lowest BCUT2D eigenvalue weighted by Gasteiger charge is -2.17. The highest BCUT2D eigenvalue weighted by Crippen LogP contribution is 2.27. The molecule has 37 heavy (non-hydrogen) atoms. The first-order chi connectivity index (χ1) is 17.8. The van der Waals surface area contributed by atoms with Gasteiger partial charge in [0.05, 0.1) is 29.8 Å². The fraction of sp³-hybridized carbons (Fsp3) is 0.233. The third-order valence-corrected chi connectivity index (χ3v) is 7.32. The van der Waals surface area contributed by atoms with E-state index in [2.05, 4.69) is 71.3 Å². The Hall–Kier alpha value is -2.65. The second kappa shape index (κ2) is 12.7. The Balaban J connectivity index is 1.41. The minimum absolute atomic E-state index is 0.176. The van der Waals surface area contributed by atoms with E-state index in [-0.39, 0.29) is 18.6 Å². The lowest BCUT2D eigenvalue weighted by Crippen LogP contribution is -2.39. The zero-order valence-corrected chi connectivity index (χ0v) is 23.7. The molecule has 0 radical (unpaired) electrons. The van der Waals surface area contributed by atoms with Crippen LogP contribution in [0.3, 0.4) is 0 Å². The molecule has 4 rings (SSSR count). The number of benzene rings is 3. The standard InChI is InChI=1S/C30H30ClIN2O3/c1-19-3-7-22(8-4-19)20(2)33-17-26-12-14-29(37-26)23-9-13-28(31)27(16-23)30(36)34-25(18-35)15-21-5-10-24(32)11-6-21/h3-14,16,20,25,33,35H,15,17-18H2,1-2H3,(H,34,36)/t20-,25-/m1/s1. The Morgan fingerprint density at radius 3 is 2.46 bits per heavy atom. The molecule has 0 aliphatic heterocycles. The van der Waals surface area contributed by atoms with Crippen LogP contribution in [0.25, 0.3) is 11.3 Å². The number of carbonyl (C=O) groups excluding carboxylic acids is 1. The van der Waals surface area contributed by atoms with Crippen molar-refractivity contribution in [2.24, 2.45) is 0 Å². The third kappa shape index (κ3) is 7.45. The van der Waals surface area contributed by atoms with Crippen molar-refractivity contribution in [3.63, 3.8) is 0 Å². The van der Waals surface area contributed by atoms with Crippen LogP contribution in [0.15, 0.2) is 83.3 Å². The van der Waals surface area contributed by atoms with E-state index in [0.29, 0.717) is 29.3 Å². The van der Waals surface area contributed by atoms with Crippen molar-refractivity contribution in [2.45, 2.75) is 38.9 Å². The molecule has 1 amide bonds. The van der Waals surface area contributed by atoms with Gasteiger partial charge in [-0.05, 0) is 96.5 Å². The van der Waals surface area contributed by atoms with Gasteiger partial charge in [-0.3, -0.25) is 4.79 Å². The molecule has 1 aromatic heterocycles. The second-order valence-corrected chi connectivity index (χ2v) is 10.8. The van der Waals surface area contributed by atoms with Crippen LogP contribution >= 0.6 is 34.2 Å². The number of hydrogen-bond donors (Lipinski definition) is 3. The Bertz CT molecular complexity index is 1340. The van der Waals surface area contributed by atoms with Crippen molar-refractivity contribution in [1.82, 2.24) is 10.6 Å². The maximum absolute atomic E-state index is 13.1. The zero-order chi connectivity index (χ0) is 26.4. The van der Waals surface area contributed by atoms with E-state index in [9.17, 15) is 9.90 Å². The first-order valence-electron chi connectivity index (χ1n) is 12.2. The summed E-state index contributed by atoms with van der Waals surface area (Å²) in [6.45, 7) is 4.60. The molecule has 7 heteroatoms. The van der Waals surface area contributed by atoms with Crippen molar-refractivity contribution < 1.29 is 14.3 Å². The summed E-state index contributed by atoms with van der Waals surface area (Å²) in [5, 5.41) is 16.6. The maximum atomic E-state index is 13.1. The van der Waals surface area contributed by atoms with Crippen LogP contribution in [-0.2, 0) is 13.0 Å². The molecule has 0 spiro atoms. The Labute approximate surface area is 236 Å². The van der Waals surface area contributed by atoms with Crippen molar-refractivity contribution in [3.8, 4) is 11.3 Å². The Kier molecular flexibility index (Phi) is 9.43. The van der Waals surface area contributed by atoms with E-state index in [4.69, 9.17) is 16.0 Å². The summed E-state index contributed by atoms with van der Waals surface area (Å²) in [6, 6.07) is 25.3. The summed E-state index contributed by atoms with van der Waals surface area (Å²) in [6.07, 6.45) is 0.520. The van der Waals surface area contributed by atoms with E-state index in [0.717, 1.165) is 20.5 Å². The Morgan fingerprint density at radius 1 is 1.03 bits per heavy atom. The van der Waals surface area contributed by atoms with Gasteiger partial charge in [0, 0.05) is 15.2 Å². The minimum atomic E-state index is -0.427. The Morgan fingerprint density at radius 2 is 1.76 bits per heavy atom. The molecule has 4 aromatic rings. The summed E-state index contributed by atoms with van der Waals surface area (Å²) in [5.41, 5.74) is 4.58. The van der Waals surface area contributed by atoms with Crippen LogP contribution in [0.4, 0.5) is 0 Å². The summed E-state index contributed by atoms with van der Waals surface area (Å²) in [4.78, 5) is 13.1. The summed E-state index contributed by atoms with van der Waals surface area (Å²) < 4.78 is 7.19. The summed E-state index contributed by atoms with van der Waals surface area (Å²) >= 11 is 8.62. The van der Waals surface area contributed by atoms with Crippen LogP contribution < -0.4 is 10.6 Å². The van der Waals surface area contributed by atoms with Crippen LogP contribution in [0, 0.1) is 10.5 Å². The molecule has 1 heterocycles. The molecule has 5 nitrogen and oxygen atoms in total. The molecule has 3 aromatic carbocycles. The van der Waals surface area contributed by atoms with Crippen molar-refractivity contribution >= 4 is 40.1 Å². The molecule has 0 aliphatic rings. The van der Waals surface area contributed by atoms with E-state index in [1.165, 1.54) is 11.1 Å². The van der Waals surface area contributed by atoms with Gasteiger partial charge in [0.1, 0.15) is 11.5 Å². The molecular formula is C30H30ClIN2O3. The average Bonchev–Trinajstić information content (AvgIpc) is 3.38.